The summed E-state index contributed by atoms with van der Waals surface area (Å²) in [7, 11) is 0. The van der Waals surface area contributed by atoms with Crippen LogP contribution in [-0.2, 0) is 4.79 Å². The largest absolute Gasteiger partial charge is 0.481 e. The van der Waals surface area contributed by atoms with Crippen LogP contribution >= 0.6 is 0 Å². The average Bonchev–Trinajstić information content (AvgIpc) is 1.90. The van der Waals surface area contributed by atoms with Crippen molar-refractivity contribution in [2.75, 3.05) is 13.1 Å². The maximum absolute atomic E-state index is 10.3. The van der Waals surface area contributed by atoms with Gasteiger partial charge in [-0.3, -0.25) is 15.6 Å². The van der Waals surface area contributed by atoms with Crippen LogP contribution in [0.15, 0.2) is 0 Å². The lowest BCUT2D eigenvalue weighted by atomic mass is 10.1. The number of carboxylic acid groups (broad SMARTS) is 1. The Balaban J connectivity index is 2.31. The van der Waals surface area contributed by atoms with Crippen LogP contribution in [0.3, 0.4) is 0 Å². The predicted molar refractivity (Wildman–Crippen MR) is 31.7 cm³/mol. The second-order valence-corrected chi connectivity index (χ2v) is 2.13. The van der Waals surface area contributed by atoms with E-state index in [4.69, 9.17) is 5.11 Å². The fourth-order valence-corrected chi connectivity index (χ4v) is 0.843. The van der Waals surface area contributed by atoms with E-state index in [1.165, 1.54) is 0 Å². The van der Waals surface area contributed by atoms with Crippen molar-refractivity contribution in [2.24, 2.45) is 5.92 Å². The van der Waals surface area contributed by atoms with E-state index < -0.39 is 5.97 Å². The molecule has 1 aliphatic rings. The van der Waals surface area contributed by atoms with Crippen molar-refractivity contribution >= 4 is 5.97 Å². The van der Waals surface area contributed by atoms with Crippen LogP contribution in [0.5, 0.6) is 0 Å². The Morgan fingerprint density at radius 2 is 2.33 bits per heavy atom. The summed E-state index contributed by atoms with van der Waals surface area (Å²) < 4.78 is 0. The van der Waals surface area contributed by atoms with Gasteiger partial charge in [-0.25, -0.2) is 0 Å². The molecule has 52 valence electrons. The summed E-state index contributed by atoms with van der Waals surface area (Å²) in [6.07, 6.45) is 0.725. The van der Waals surface area contributed by atoms with Crippen molar-refractivity contribution in [3.8, 4) is 0 Å². The molecule has 1 atom stereocenters. The highest BCUT2D eigenvalue weighted by molar-refractivity contribution is 5.70. The van der Waals surface area contributed by atoms with Gasteiger partial charge < -0.3 is 5.11 Å². The van der Waals surface area contributed by atoms with E-state index in [1.807, 2.05) is 0 Å². The van der Waals surface area contributed by atoms with Gasteiger partial charge in [0.05, 0.1) is 5.92 Å². The van der Waals surface area contributed by atoms with Crippen molar-refractivity contribution in [1.82, 2.24) is 10.9 Å². The lowest BCUT2D eigenvalue weighted by Crippen LogP contribution is -2.45. The van der Waals surface area contributed by atoms with Gasteiger partial charge in [0.2, 0.25) is 0 Å². The van der Waals surface area contributed by atoms with Crippen molar-refractivity contribution < 1.29 is 9.90 Å². The van der Waals surface area contributed by atoms with Gasteiger partial charge in [0.15, 0.2) is 0 Å². The zero-order valence-corrected chi connectivity index (χ0v) is 5.05. The van der Waals surface area contributed by atoms with Gasteiger partial charge in [-0.15, -0.1) is 0 Å². The summed E-state index contributed by atoms with van der Waals surface area (Å²) in [4.78, 5) is 10.3. The van der Waals surface area contributed by atoms with E-state index in [0.717, 1.165) is 13.0 Å². The highest BCUT2D eigenvalue weighted by atomic mass is 16.4. The molecule has 1 unspecified atom stereocenters. The molecule has 0 aromatic carbocycles. The van der Waals surface area contributed by atoms with Gasteiger partial charge >= 0.3 is 5.97 Å². The Kier molecular flexibility index (Phi) is 2.02. The van der Waals surface area contributed by atoms with Gasteiger partial charge in [-0.1, -0.05) is 0 Å². The molecule has 0 bridgehead atoms. The van der Waals surface area contributed by atoms with Crippen molar-refractivity contribution in [3.63, 3.8) is 0 Å². The molecular formula is C5H10N2O2. The van der Waals surface area contributed by atoms with Crippen LogP contribution in [0, 0.1) is 5.92 Å². The van der Waals surface area contributed by atoms with Gasteiger partial charge in [-0.05, 0) is 6.42 Å². The molecule has 3 N–H and O–H groups in total. The smallest absolute Gasteiger partial charge is 0.307 e. The summed E-state index contributed by atoms with van der Waals surface area (Å²) in [6.45, 7) is 1.28. The Labute approximate surface area is 53.2 Å². The molecule has 0 saturated carbocycles. The van der Waals surface area contributed by atoms with Gasteiger partial charge in [-0.2, -0.15) is 0 Å². The molecule has 4 nitrogen and oxygen atoms in total. The van der Waals surface area contributed by atoms with Crippen LogP contribution in [0.4, 0.5) is 0 Å². The monoisotopic (exact) mass is 130 g/mol. The quantitative estimate of drug-likeness (QED) is 0.434. The Morgan fingerprint density at radius 1 is 1.56 bits per heavy atom. The molecule has 1 rings (SSSR count). The molecule has 4 heteroatoms. The summed E-state index contributed by atoms with van der Waals surface area (Å²) in [6, 6.07) is 0. The molecule has 1 heterocycles. The van der Waals surface area contributed by atoms with Crippen LogP contribution < -0.4 is 10.9 Å². The zero-order chi connectivity index (χ0) is 6.69. The number of hydrogen-bond acceptors (Lipinski definition) is 3. The number of hydrogen-bond donors (Lipinski definition) is 3. The molecule has 0 amide bonds. The third-order valence-corrected chi connectivity index (χ3v) is 1.44. The van der Waals surface area contributed by atoms with E-state index in [-0.39, 0.29) is 5.92 Å². The summed E-state index contributed by atoms with van der Waals surface area (Å²) >= 11 is 0. The summed E-state index contributed by atoms with van der Waals surface area (Å²) in [5.41, 5.74) is 5.64. The fourth-order valence-electron chi connectivity index (χ4n) is 0.843. The minimum Gasteiger partial charge on any atom is -0.481 e. The van der Waals surface area contributed by atoms with E-state index >= 15 is 0 Å². The van der Waals surface area contributed by atoms with Crippen molar-refractivity contribution in [2.45, 2.75) is 6.42 Å². The molecule has 0 aromatic heterocycles. The number of nitrogens with one attached hydrogen (secondary N) is 2. The SMILES string of the molecule is O=C(O)C1CCNNC1. The Bertz CT molecular complexity index is 110. The third-order valence-electron chi connectivity index (χ3n) is 1.44. The summed E-state index contributed by atoms with van der Waals surface area (Å²) in [5, 5.41) is 8.47. The van der Waals surface area contributed by atoms with Crippen LogP contribution in [0.25, 0.3) is 0 Å². The number of hydrazine groups is 1. The van der Waals surface area contributed by atoms with Gasteiger partial charge in [0, 0.05) is 13.1 Å². The van der Waals surface area contributed by atoms with E-state index in [0.29, 0.717) is 6.54 Å². The standard InChI is InChI=1S/C5H10N2O2/c8-5(9)4-1-2-6-7-3-4/h4,6-7H,1-3H2,(H,8,9). The topological polar surface area (TPSA) is 61.4 Å². The molecule has 0 radical (unpaired) electrons. The maximum Gasteiger partial charge on any atom is 0.307 e. The second kappa shape index (κ2) is 2.80. The minimum absolute atomic E-state index is 0.203. The molecule has 0 aliphatic carbocycles. The zero-order valence-electron chi connectivity index (χ0n) is 5.05. The first-order valence-corrected chi connectivity index (χ1v) is 2.99. The third kappa shape index (κ3) is 1.65. The molecule has 1 fully saturated rings. The van der Waals surface area contributed by atoms with E-state index in [1.54, 1.807) is 0 Å². The number of carboxylic acids is 1. The minimum atomic E-state index is -0.705. The molecule has 1 aliphatic heterocycles. The lowest BCUT2D eigenvalue weighted by molar-refractivity contribution is -0.142. The summed E-state index contributed by atoms with van der Waals surface area (Å²) in [5.74, 6) is -0.907. The highest BCUT2D eigenvalue weighted by Crippen LogP contribution is 2.02. The normalized spacial score (nSPS) is 27.8. The van der Waals surface area contributed by atoms with Gasteiger partial charge in [0.25, 0.3) is 0 Å². The lowest BCUT2D eigenvalue weighted by Gasteiger charge is -2.19. The van der Waals surface area contributed by atoms with Crippen LogP contribution in [-0.4, -0.2) is 24.2 Å². The fraction of sp³-hybridized carbons (Fsp3) is 0.800. The second-order valence-electron chi connectivity index (χ2n) is 2.13. The average molecular weight is 130 g/mol. The van der Waals surface area contributed by atoms with E-state index in [9.17, 15) is 4.79 Å². The van der Waals surface area contributed by atoms with Crippen LogP contribution in [0.1, 0.15) is 6.42 Å². The molecule has 0 aromatic rings. The first-order valence-electron chi connectivity index (χ1n) is 2.99. The first-order chi connectivity index (χ1) is 4.30. The molecule has 0 spiro atoms. The number of rotatable bonds is 1. The van der Waals surface area contributed by atoms with Crippen molar-refractivity contribution in [3.05, 3.63) is 0 Å². The molecular weight excluding hydrogens is 120 g/mol. The maximum atomic E-state index is 10.3. The Morgan fingerprint density at radius 3 is 2.67 bits per heavy atom. The van der Waals surface area contributed by atoms with Crippen LogP contribution in [0.2, 0.25) is 0 Å². The number of carbonyl (C=O) groups is 1. The predicted octanol–water partition coefficient (Wildman–Crippen LogP) is -0.815. The Hall–Kier alpha value is -0.610. The molecule has 9 heavy (non-hydrogen) atoms. The molecule has 1 saturated heterocycles. The number of aliphatic carboxylic acids is 1. The van der Waals surface area contributed by atoms with Gasteiger partial charge in [0.1, 0.15) is 0 Å². The highest BCUT2D eigenvalue weighted by Gasteiger charge is 2.18. The van der Waals surface area contributed by atoms with Crippen molar-refractivity contribution in [1.29, 1.82) is 0 Å². The first kappa shape index (κ1) is 6.51. The van der Waals surface area contributed by atoms with E-state index in [2.05, 4.69) is 10.9 Å².